The first-order valence-electron chi connectivity index (χ1n) is 14.8. The van der Waals surface area contributed by atoms with Crippen LogP contribution in [0.15, 0.2) is 0 Å². The highest BCUT2D eigenvalue weighted by atomic mass is 16.7. The van der Waals surface area contributed by atoms with Gasteiger partial charge in [-0.1, -0.05) is 33.6 Å². The Labute approximate surface area is 218 Å². The monoisotopic (exact) mass is 502 g/mol. The minimum atomic E-state index is -1.14. The van der Waals surface area contributed by atoms with Crippen LogP contribution in [0.5, 0.6) is 0 Å². The molecule has 0 saturated heterocycles. The summed E-state index contributed by atoms with van der Waals surface area (Å²) >= 11 is 0. The molecule has 204 valence electrons. The molecule has 0 aromatic carbocycles. The summed E-state index contributed by atoms with van der Waals surface area (Å²) in [6, 6.07) is 0. The average molecular weight is 503 g/mol. The Hall–Kier alpha value is -1.39. The second kappa shape index (κ2) is 10.8. The molecule has 4 fully saturated rings. The van der Waals surface area contributed by atoms with E-state index >= 15 is 0 Å². The quantitative estimate of drug-likeness (QED) is 0.261. The molecule has 0 heterocycles. The number of hydrogen-bond acceptors (Lipinski definition) is 5. The lowest BCUT2D eigenvalue weighted by Gasteiger charge is -2.61. The Morgan fingerprint density at radius 3 is 2.14 bits per heavy atom. The molecule has 0 aliphatic heterocycles. The number of hydrogen-bond donors (Lipinski definition) is 0. The molecular formula is C31H50O5. The van der Waals surface area contributed by atoms with E-state index in [1.807, 2.05) is 0 Å². The van der Waals surface area contributed by atoms with E-state index in [0.717, 1.165) is 30.1 Å². The molecule has 1 unspecified atom stereocenters. The average Bonchev–Trinajstić information content (AvgIpc) is 3.17. The largest absolute Gasteiger partial charge is 0.425 e. The van der Waals surface area contributed by atoms with Crippen LogP contribution in [0.4, 0.5) is 0 Å². The van der Waals surface area contributed by atoms with E-state index in [1.165, 1.54) is 78.1 Å². The summed E-state index contributed by atoms with van der Waals surface area (Å²) in [6.45, 7) is 11.8. The summed E-state index contributed by atoms with van der Waals surface area (Å²) in [5.74, 6) is 3.02. The van der Waals surface area contributed by atoms with Crippen molar-refractivity contribution < 1.29 is 23.9 Å². The van der Waals surface area contributed by atoms with Crippen molar-refractivity contribution in [3.05, 3.63) is 0 Å². The molecule has 4 rings (SSSR count). The zero-order valence-electron chi connectivity index (χ0n) is 23.6. The van der Waals surface area contributed by atoms with Crippen LogP contribution in [-0.4, -0.2) is 24.0 Å². The summed E-state index contributed by atoms with van der Waals surface area (Å²) in [7, 11) is 0. The number of carbonyl (C=O) groups excluding carboxylic acids is 3. The molecule has 36 heavy (non-hydrogen) atoms. The highest BCUT2D eigenvalue weighted by Gasteiger charge is 2.60. The molecule has 4 saturated carbocycles. The van der Waals surface area contributed by atoms with Gasteiger partial charge in [0.2, 0.25) is 0 Å². The smallest absolute Gasteiger partial charge is 0.305 e. The van der Waals surface area contributed by atoms with Crippen molar-refractivity contribution in [2.24, 2.45) is 52.3 Å². The lowest BCUT2D eigenvalue weighted by Crippen LogP contribution is -2.53. The number of ether oxygens (including phenoxy) is 2. The van der Waals surface area contributed by atoms with Gasteiger partial charge in [-0.05, 0) is 111 Å². The topological polar surface area (TPSA) is 69.7 Å². The van der Waals surface area contributed by atoms with Crippen LogP contribution in [-0.2, 0) is 23.9 Å². The third-order valence-corrected chi connectivity index (χ3v) is 11.7. The molecule has 0 bridgehead atoms. The number of esters is 2. The van der Waals surface area contributed by atoms with E-state index in [9.17, 15) is 14.4 Å². The standard InChI is InChI=1S/C31H50O5/c1-19(10-15-28(34)20(2)29(35-21(3)32)36-22(4)33)25-13-14-26-24-12-11-23-9-7-8-17-30(23,5)27(24)16-18-31(25,26)6/h19-20,23-27,29H,7-18H2,1-6H3/t19-,20?,23+,24+,25-,26+,27+,30+,31-/m1/s1. The predicted molar refractivity (Wildman–Crippen MR) is 140 cm³/mol. The first-order chi connectivity index (χ1) is 17.0. The van der Waals surface area contributed by atoms with Crippen LogP contribution in [0.3, 0.4) is 0 Å². The molecule has 4 aliphatic rings. The Morgan fingerprint density at radius 1 is 0.806 bits per heavy atom. The van der Waals surface area contributed by atoms with E-state index in [0.29, 0.717) is 29.1 Å². The summed E-state index contributed by atoms with van der Waals surface area (Å²) in [6.07, 6.45) is 14.2. The van der Waals surface area contributed by atoms with Crippen LogP contribution in [0, 0.1) is 52.3 Å². The lowest BCUT2D eigenvalue weighted by molar-refractivity contribution is -0.194. The molecule has 0 amide bonds. The van der Waals surface area contributed by atoms with Gasteiger partial charge < -0.3 is 9.47 Å². The molecule has 9 atom stereocenters. The Bertz CT molecular complexity index is 821. The van der Waals surface area contributed by atoms with Gasteiger partial charge in [-0.15, -0.1) is 0 Å². The minimum Gasteiger partial charge on any atom is -0.425 e. The third kappa shape index (κ3) is 5.14. The number of Topliss-reactive ketones (excluding diaryl/α,β-unsaturated/α-hetero) is 1. The summed E-state index contributed by atoms with van der Waals surface area (Å²) in [5, 5.41) is 0. The van der Waals surface area contributed by atoms with Gasteiger partial charge in [-0.2, -0.15) is 0 Å². The maximum atomic E-state index is 13.0. The van der Waals surface area contributed by atoms with Gasteiger partial charge in [0.1, 0.15) is 5.78 Å². The second-order valence-corrected chi connectivity index (χ2v) is 13.5. The molecule has 0 spiro atoms. The second-order valence-electron chi connectivity index (χ2n) is 13.5. The normalized spacial score (nSPS) is 39.4. The maximum Gasteiger partial charge on any atom is 0.305 e. The molecule has 0 aromatic rings. The van der Waals surface area contributed by atoms with Gasteiger partial charge in [0.25, 0.3) is 6.29 Å². The van der Waals surface area contributed by atoms with Gasteiger partial charge in [-0.3, -0.25) is 14.4 Å². The Morgan fingerprint density at radius 2 is 1.47 bits per heavy atom. The van der Waals surface area contributed by atoms with Crippen molar-refractivity contribution in [1.82, 2.24) is 0 Å². The summed E-state index contributed by atoms with van der Waals surface area (Å²) in [5.41, 5.74) is 0.973. The highest BCUT2D eigenvalue weighted by Crippen LogP contribution is 2.68. The first-order valence-corrected chi connectivity index (χ1v) is 14.8. The fraction of sp³-hybridized carbons (Fsp3) is 0.903. The van der Waals surface area contributed by atoms with E-state index in [4.69, 9.17) is 9.47 Å². The van der Waals surface area contributed by atoms with Crippen molar-refractivity contribution in [1.29, 1.82) is 0 Å². The third-order valence-electron chi connectivity index (χ3n) is 11.7. The van der Waals surface area contributed by atoms with Gasteiger partial charge in [0.05, 0.1) is 5.92 Å². The van der Waals surface area contributed by atoms with Gasteiger partial charge in [0.15, 0.2) is 0 Å². The first kappa shape index (κ1) is 27.6. The Kier molecular flexibility index (Phi) is 8.27. The number of ketones is 1. The lowest BCUT2D eigenvalue weighted by atomic mass is 9.44. The van der Waals surface area contributed by atoms with Crippen molar-refractivity contribution in [3.8, 4) is 0 Å². The van der Waals surface area contributed by atoms with Crippen molar-refractivity contribution in [2.45, 2.75) is 125 Å². The van der Waals surface area contributed by atoms with E-state index in [2.05, 4.69) is 20.8 Å². The van der Waals surface area contributed by atoms with Crippen molar-refractivity contribution >= 4 is 17.7 Å². The van der Waals surface area contributed by atoms with Gasteiger partial charge >= 0.3 is 11.9 Å². The zero-order valence-corrected chi connectivity index (χ0v) is 23.6. The van der Waals surface area contributed by atoms with Gasteiger partial charge in [-0.25, -0.2) is 0 Å². The molecule has 0 radical (unpaired) electrons. The summed E-state index contributed by atoms with van der Waals surface area (Å²) < 4.78 is 10.3. The number of carbonyl (C=O) groups is 3. The number of fused-ring (bicyclic) bond motifs is 5. The molecule has 4 aliphatic carbocycles. The van der Waals surface area contributed by atoms with E-state index < -0.39 is 24.1 Å². The van der Waals surface area contributed by atoms with E-state index in [1.54, 1.807) is 6.92 Å². The van der Waals surface area contributed by atoms with Gasteiger partial charge in [0, 0.05) is 20.3 Å². The molecule has 0 aromatic heterocycles. The fourth-order valence-electron chi connectivity index (χ4n) is 9.78. The molecular weight excluding hydrogens is 452 g/mol. The van der Waals surface area contributed by atoms with Crippen LogP contribution in [0.1, 0.15) is 119 Å². The van der Waals surface area contributed by atoms with Crippen LogP contribution in [0.2, 0.25) is 0 Å². The van der Waals surface area contributed by atoms with E-state index in [-0.39, 0.29) is 5.78 Å². The SMILES string of the molecule is CC(=O)OC(OC(C)=O)C(C)C(=O)CC[C@@H](C)[C@H]1CC[C@H]2[C@@H]3CC[C@@H]4CCCC[C@]4(C)[C@H]3CC[C@]12C. The van der Waals surface area contributed by atoms with Crippen LogP contribution < -0.4 is 0 Å². The minimum absolute atomic E-state index is 0.00121. The molecule has 5 nitrogen and oxygen atoms in total. The summed E-state index contributed by atoms with van der Waals surface area (Å²) in [4.78, 5) is 35.9. The molecule has 0 N–H and O–H groups in total. The van der Waals surface area contributed by atoms with Crippen molar-refractivity contribution in [2.75, 3.05) is 0 Å². The Balaban J connectivity index is 1.37. The maximum absolute atomic E-state index is 13.0. The van der Waals surface area contributed by atoms with Crippen LogP contribution in [0.25, 0.3) is 0 Å². The highest BCUT2D eigenvalue weighted by molar-refractivity contribution is 5.82. The van der Waals surface area contributed by atoms with Crippen molar-refractivity contribution in [3.63, 3.8) is 0 Å². The fourth-order valence-corrected chi connectivity index (χ4v) is 9.78. The molecule has 5 heteroatoms. The van der Waals surface area contributed by atoms with Crippen LogP contribution >= 0.6 is 0 Å². The zero-order chi connectivity index (χ0) is 26.3. The number of rotatable bonds is 8. The predicted octanol–water partition coefficient (Wildman–Crippen LogP) is 7.11.